The van der Waals surface area contributed by atoms with Crippen molar-refractivity contribution in [2.75, 3.05) is 63.6 Å². The highest BCUT2D eigenvalue weighted by atomic mass is 79.9. The van der Waals surface area contributed by atoms with Crippen LogP contribution in [0.4, 0.5) is 54.3 Å². The molecule has 0 aliphatic heterocycles. The first-order valence-electron chi connectivity index (χ1n) is 29.5. The number of carbonyl (C=O) groups is 3. The molecule has 0 spiro atoms. The lowest BCUT2D eigenvalue weighted by Crippen LogP contribution is -2.34. The number of carbonyl (C=O) groups excluding carboxylic acids is 3. The average molecular weight is 1580 g/mol. The van der Waals surface area contributed by atoms with E-state index in [0.717, 1.165) is 20.6 Å². The van der Waals surface area contributed by atoms with Gasteiger partial charge in [0, 0.05) is 85.9 Å². The van der Waals surface area contributed by atoms with Crippen LogP contribution in [0.5, 0.6) is 11.5 Å². The monoisotopic (exact) mass is 1580 g/mol. The van der Waals surface area contributed by atoms with E-state index < -0.39 is 80.6 Å². The Morgan fingerprint density at radius 1 is 0.586 bits per heavy atom. The second-order valence-corrected chi connectivity index (χ2v) is 25.0. The summed E-state index contributed by atoms with van der Waals surface area (Å²) in [7, 11) is 0.185. The zero-order valence-electron chi connectivity index (χ0n) is 56.7. The lowest BCUT2D eigenvalue weighted by atomic mass is 9.88. The van der Waals surface area contributed by atoms with Crippen LogP contribution in [-0.4, -0.2) is 140 Å². The first kappa shape index (κ1) is 81.8. The van der Waals surface area contributed by atoms with Gasteiger partial charge in [0.2, 0.25) is 19.5 Å². The maximum absolute atomic E-state index is 12.3. The number of ether oxygens (including phenoxy) is 7. The van der Waals surface area contributed by atoms with E-state index in [-0.39, 0.29) is 65.6 Å². The van der Waals surface area contributed by atoms with Gasteiger partial charge in [-0.15, -0.1) is 0 Å². The van der Waals surface area contributed by atoms with E-state index in [0.29, 0.717) is 55.4 Å². The van der Waals surface area contributed by atoms with Crippen LogP contribution in [0.1, 0.15) is 83.1 Å². The number of nitrogen functional groups attached to an aromatic ring is 1. The second kappa shape index (κ2) is 38.5. The van der Waals surface area contributed by atoms with Gasteiger partial charge in [0.05, 0.1) is 20.5 Å². The Morgan fingerprint density at radius 2 is 0.990 bits per heavy atom. The number of alkyl halides is 1. The Balaban J connectivity index is 0.000000335. The fourth-order valence-electron chi connectivity index (χ4n) is 7.39. The summed E-state index contributed by atoms with van der Waals surface area (Å²) in [5, 5.41) is 63.1. The van der Waals surface area contributed by atoms with E-state index >= 15 is 0 Å². The van der Waals surface area contributed by atoms with E-state index in [2.05, 4.69) is 67.7 Å². The van der Waals surface area contributed by atoms with Crippen molar-refractivity contribution in [3.05, 3.63) is 157 Å². The molecule has 38 heteroatoms. The van der Waals surface area contributed by atoms with Gasteiger partial charge in [0.25, 0.3) is 0 Å². The zero-order chi connectivity index (χ0) is 75.6. The van der Waals surface area contributed by atoms with Crippen molar-refractivity contribution in [3.8, 4) is 23.0 Å². The molecule has 0 fully saturated rings. The quantitative estimate of drug-likeness (QED) is 0.0105. The summed E-state index contributed by atoms with van der Waals surface area (Å²) < 4.78 is 64.2. The molecule has 0 saturated carbocycles. The van der Waals surface area contributed by atoms with Gasteiger partial charge in [-0.05, 0) is 213 Å². The van der Waals surface area contributed by atoms with Crippen LogP contribution in [-0.2, 0) is 34.9 Å². The van der Waals surface area contributed by atoms with Gasteiger partial charge in [-0.2, -0.15) is 0 Å². The van der Waals surface area contributed by atoms with Crippen LogP contribution in [0.2, 0.25) is 0 Å². The van der Waals surface area contributed by atoms with Crippen LogP contribution in [0, 0.1) is 40.5 Å². The fraction of sp³-hybridized carbons (Fsp3) is 0.361. The topological polar surface area (TPSA) is 439 Å². The predicted octanol–water partition coefficient (Wildman–Crippen LogP) is 13.3. The molecule has 0 bridgehead atoms. The van der Waals surface area contributed by atoms with E-state index in [1.807, 2.05) is 13.8 Å². The number of anilines is 3. The van der Waals surface area contributed by atoms with Crippen molar-refractivity contribution >= 4 is 141 Å². The fourth-order valence-corrected chi connectivity index (χ4v) is 8.29. The number of amides is 2. The summed E-state index contributed by atoms with van der Waals surface area (Å²) in [5.41, 5.74) is 5.13. The third-order valence-corrected chi connectivity index (χ3v) is 12.8. The minimum atomic E-state index is -1.60. The number of nitrogens with two attached hydrogens (primary N) is 1. The van der Waals surface area contributed by atoms with Crippen LogP contribution in [0.25, 0.3) is 33.4 Å². The van der Waals surface area contributed by atoms with E-state index in [1.165, 1.54) is 44.4 Å². The molecular formula is C61H72BBr3FN11O22. The molecule has 8 rings (SSSR count). The average Bonchev–Trinajstić information content (AvgIpc) is 1.58. The number of benzene rings is 2. The van der Waals surface area contributed by atoms with E-state index in [9.17, 15) is 59.2 Å². The standard InChI is InChI=1S/C22H25N3O7.C11H13BO5.C11H14BrN3O4.C11H13BrN2O4.C5H4BrN3O2.CH3F/c1-6-29-13-30-15-7-10-18-14(11-15)12-19(31-18)16-8-9-17(20(23-16)25(27)28)24(5)21(26)32-22(2,3)4;1-2-15-7-16-9-3-4-10-8(5-9)6-11(17-10)12(13)14;1-11(2,3)19-10(16)14(4)7-5-6-8(12)13-9(7)15(17)18;1-11(2,3)18-9(15)6-7-4-5-8(12)13-10(7)14(16)17;6-4-2-1-3(7)5(8-4)9(10)11;1-2/h7-12H,6,13H2,1-5H3;3-6,13-14H,2,7H2,1H3;5-6H,1-4H3;4-5H,6H2,1-3H3;1-2H,7H2;1H3/i;;;;;1D. The summed E-state index contributed by atoms with van der Waals surface area (Å²) in [6, 6.07) is 25.7. The maximum Gasteiger partial charge on any atom is 0.526 e. The molecule has 2 amide bonds. The molecule has 0 atom stereocenters. The number of rotatable bonds is 18. The number of aromatic nitrogens is 4. The highest BCUT2D eigenvalue weighted by Gasteiger charge is 2.31. The number of nitro groups is 4. The highest BCUT2D eigenvalue weighted by molar-refractivity contribution is 9.11. The molecule has 33 nitrogen and oxygen atoms in total. The van der Waals surface area contributed by atoms with Crippen molar-refractivity contribution in [1.82, 2.24) is 19.9 Å². The molecule has 6 aromatic heterocycles. The first-order chi connectivity index (χ1) is 46.6. The van der Waals surface area contributed by atoms with Crippen molar-refractivity contribution in [1.29, 1.82) is 0 Å². The van der Waals surface area contributed by atoms with Gasteiger partial charge in [-0.3, -0.25) is 19.0 Å². The number of fused-ring (bicyclic) bond motifs is 2. The lowest BCUT2D eigenvalue weighted by molar-refractivity contribution is -0.390. The zero-order valence-corrected chi connectivity index (χ0v) is 60.4. The SMILES string of the molecule is CC(C)(C)OC(=O)Cc1ccc(Br)nc1[N+](=O)[O-].CCOCOc1ccc2oc(-c3ccc(N(C)C(=O)OC(C)(C)C)c([N+](=O)[O-])n3)cc2c1.CCOCOc1ccc2oc(B(O)O)cc2c1.CN(C(=O)OC(C)(C)C)c1ccc(Br)nc1[N+](=O)[O-].Nc1ccc(Br)nc1[N+](=O)[O-].[2H]CF. The summed E-state index contributed by atoms with van der Waals surface area (Å²) in [6.07, 6.45) is -1.58. The lowest BCUT2D eigenvalue weighted by Gasteiger charge is -2.24. The van der Waals surface area contributed by atoms with Gasteiger partial charge in [0.1, 0.15) is 62.2 Å². The third kappa shape index (κ3) is 28.0. The largest absolute Gasteiger partial charge is 0.526 e. The number of furan rings is 2. The Bertz CT molecular complexity index is 4120. The molecular weight excluding hydrogens is 1510 g/mol. The number of halogens is 4. The van der Waals surface area contributed by atoms with Crippen molar-refractivity contribution < 1.29 is 91.9 Å². The molecule has 0 unspecified atom stereocenters. The van der Waals surface area contributed by atoms with Crippen molar-refractivity contribution in [2.24, 2.45) is 0 Å². The molecule has 6 heterocycles. The summed E-state index contributed by atoms with van der Waals surface area (Å²) in [6.45, 7) is 20.7. The van der Waals surface area contributed by atoms with Gasteiger partial charge < -0.3 is 98.2 Å². The molecule has 534 valence electrons. The van der Waals surface area contributed by atoms with E-state index in [1.54, 1.807) is 129 Å². The Morgan fingerprint density at radius 3 is 1.42 bits per heavy atom. The van der Waals surface area contributed by atoms with Crippen molar-refractivity contribution in [3.63, 3.8) is 0 Å². The van der Waals surface area contributed by atoms with Gasteiger partial charge in [-0.1, -0.05) is 0 Å². The molecule has 99 heavy (non-hydrogen) atoms. The first-order valence-corrected chi connectivity index (χ1v) is 31.2. The Hall–Kier alpha value is -9.60. The number of hydrogen-bond donors (Lipinski definition) is 3. The van der Waals surface area contributed by atoms with Crippen LogP contribution < -0.4 is 30.7 Å². The van der Waals surface area contributed by atoms with Crippen LogP contribution in [0.3, 0.4) is 0 Å². The number of nitrogens with zero attached hydrogens (tertiary/aromatic N) is 10. The summed E-state index contributed by atoms with van der Waals surface area (Å²) in [5.74, 6) is -0.488. The predicted molar refractivity (Wildman–Crippen MR) is 372 cm³/mol. The second-order valence-electron chi connectivity index (χ2n) is 22.6. The molecule has 0 radical (unpaired) electrons. The number of esters is 1. The Labute approximate surface area is 592 Å². The van der Waals surface area contributed by atoms with Crippen LogP contribution in [0.15, 0.2) is 120 Å². The molecule has 0 saturated heterocycles. The molecule has 0 aliphatic carbocycles. The summed E-state index contributed by atoms with van der Waals surface area (Å²) >= 11 is 9.09. The normalized spacial score (nSPS) is 10.9. The molecule has 0 aliphatic rings. The maximum atomic E-state index is 12.3. The molecule has 8 aromatic rings. The van der Waals surface area contributed by atoms with Gasteiger partial charge in [-0.25, -0.2) is 9.59 Å². The molecule has 2 aromatic carbocycles. The number of pyridine rings is 4. The number of hydrogen-bond acceptors (Lipinski definition) is 27. The minimum Gasteiger partial charge on any atom is -0.468 e. The minimum absolute atomic E-state index is 0.00993. The van der Waals surface area contributed by atoms with Gasteiger partial charge in [0.15, 0.2) is 19.3 Å². The van der Waals surface area contributed by atoms with E-state index in [4.69, 9.17) is 59.1 Å². The van der Waals surface area contributed by atoms with Crippen LogP contribution >= 0.6 is 47.8 Å². The third-order valence-electron chi connectivity index (χ3n) is 11.5. The van der Waals surface area contributed by atoms with Crippen molar-refractivity contribution in [2.45, 2.75) is 99.4 Å². The highest BCUT2D eigenvalue weighted by Crippen LogP contribution is 2.35. The van der Waals surface area contributed by atoms with Gasteiger partial charge >= 0.3 is 48.5 Å². The summed E-state index contributed by atoms with van der Waals surface area (Å²) in [4.78, 5) is 94.2. The molecule has 4 N–H and O–H groups in total. The smallest absolute Gasteiger partial charge is 0.468 e. The Kier molecular flexibility index (Phi) is 31.8.